The van der Waals surface area contributed by atoms with Crippen molar-refractivity contribution >= 4 is 24.8 Å². The maximum absolute atomic E-state index is 9.26. The van der Waals surface area contributed by atoms with Crippen LogP contribution in [0.25, 0.3) is 0 Å². The minimum Gasteiger partial charge on any atom is -0.545 e. The minimum absolute atomic E-state index is 0. The minimum atomic E-state index is 0. The molecule has 0 saturated heterocycles. The van der Waals surface area contributed by atoms with E-state index in [1.54, 1.807) is 6.29 Å². The molecule has 0 aliphatic rings. The van der Waals surface area contributed by atoms with E-state index in [-0.39, 0.29) is 32.7 Å². The molecule has 0 heterocycles. The smallest absolute Gasteiger partial charge is 0 e. The third kappa shape index (κ3) is 29.2. The van der Waals surface area contributed by atoms with Crippen molar-refractivity contribution in [1.29, 1.82) is 0 Å². The molecule has 1 radical (unpaired) electrons. The van der Waals surface area contributed by atoms with Crippen LogP contribution in [-0.2, 0) is 42.3 Å². The monoisotopic (exact) mass is 208 g/mol. The van der Waals surface area contributed by atoms with Gasteiger partial charge >= 0.3 is 0 Å². The van der Waals surface area contributed by atoms with E-state index in [9.17, 15) is 4.79 Å². The quantitative estimate of drug-likeness (QED) is 0.479. The molecule has 0 spiro atoms. The van der Waals surface area contributed by atoms with Gasteiger partial charge in [0.05, 0.1) is 0 Å². The van der Waals surface area contributed by atoms with Crippen molar-refractivity contribution in [2.24, 2.45) is 0 Å². The SMILES string of the molecule is CSC[C-]=O.[2H][C-]=O.[Y]. The molecular formula is C4H6O2SY-2. The van der Waals surface area contributed by atoms with Crippen molar-refractivity contribution < 1.29 is 43.7 Å². The average Bonchev–Trinajstić information content (AvgIpc) is 1.71. The molecule has 0 aliphatic carbocycles. The zero-order chi connectivity index (χ0) is 6.83. The van der Waals surface area contributed by atoms with E-state index in [0.717, 1.165) is 6.77 Å². The standard InChI is InChI=1S/C3H5OS.CHO.Y/c1-5-3-2-4;1-2;/h3H2,1H3;1H;/q2*-1;/i;1D;. The van der Waals surface area contributed by atoms with E-state index in [1.807, 2.05) is 6.26 Å². The van der Waals surface area contributed by atoms with Crippen LogP contribution in [-0.4, -0.2) is 25.1 Å². The molecule has 0 N–H and O–H groups in total. The third-order valence-electron chi connectivity index (χ3n) is 0.203. The van der Waals surface area contributed by atoms with Gasteiger partial charge in [-0.3, -0.25) is 13.1 Å². The Labute approximate surface area is 80.1 Å². The van der Waals surface area contributed by atoms with E-state index >= 15 is 0 Å². The maximum atomic E-state index is 9.26. The summed E-state index contributed by atoms with van der Waals surface area (Å²) in [7, 11) is 0. The first-order chi connectivity index (χ1) is 3.83. The number of thioether (sulfide) groups is 1. The molecule has 0 aliphatic heterocycles. The summed E-state index contributed by atoms with van der Waals surface area (Å²) in [6.45, 7) is 0.750. The van der Waals surface area contributed by atoms with Crippen LogP contribution in [0.4, 0.5) is 0 Å². The summed E-state index contributed by atoms with van der Waals surface area (Å²) < 4.78 is 5.40. The van der Waals surface area contributed by atoms with Gasteiger partial charge in [-0.2, -0.15) is 13.1 Å². The van der Waals surface area contributed by atoms with Crippen LogP contribution < -0.4 is 0 Å². The van der Waals surface area contributed by atoms with Gasteiger partial charge in [-0.05, 0) is 6.26 Å². The zero-order valence-corrected chi connectivity index (χ0v) is 8.16. The molecule has 0 aromatic heterocycles. The molecule has 4 heteroatoms. The Bertz CT molecular complexity index is 62.5. The van der Waals surface area contributed by atoms with Crippen LogP contribution in [0.2, 0.25) is 0 Å². The molecule has 45 valence electrons. The molecule has 0 aromatic carbocycles. The summed E-state index contributed by atoms with van der Waals surface area (Å²) in [4.78, 5) is 17.6. The van der Waals surface area contributed by atoms with Gasteiger partial charge in [0.15, 0.2) is 0 Å². The number of hydrogen-bond donors (Lipinski definition) is 0. The van der Waals surface area contributed by atoms with Gasteiger partial charge in [0.25, 0.3) is 0 Å². The third-order valence-corrected chi connectivity index (χ3v) is 0.610. The molecule has 2 nitrogen and oxygen atoms in total. The topological polar surface area (TPSA) is 34.1 Å². The number of hydrogen-bond acceptors (Lipinski definition) is 3. The first kappa shape index (κ1) is 11.6. The maximum Gasteiger partial charge on any atom is 0 e. The summed E-state index contributed by atoms with van der Waals surface area (Å²) >= 11 is 1.48. The summed E-state index contributed by atoms with van der Waals surface area (Å²) in [6, 6.07) is 0. The van der Waals surface area contributed by atoms with Crippen molar-refractivity contribution in [2.75, 3.05) is 12.0 Å². The largest absolute Gasteiger partial charge is 0.545 e. The van der Waals surface area contributed by atoms with Crippen LogP contribution in [0, 0.1) is 0 Å². The van der Waals surface area contributed by atoms with Crippen molar-refractivity contribution in [3.63, 3.8) is 0 Å². The fraction of sp³-hybridized carbons (Fsp3) is 0.500. The van der Waals surface area contributed by atoms with Crippen molar-refractivity contribution in [2.45, 2.75) is 0 Å². The molecule has 8 heavy (non-hydrogen) atoms. The zero-order valence-electron chi connectivity index (χ0n) is 5.51. The van der Waals surface area contributed by atoms with Crippen LogP contribution in [0.5, 0.6) is 0 Å². The Hall–Kier alpha value is 0.794. The Morgan fingerprint density at radius 2 is 2.38 bits per heavy atom. The summed E-state index contributed by atoms with van der Waals surface area (Å²) in [5, 5.41) is 0. The number of carbonyl (C=O) groups excluding carboxylic acids is 2. The molecule has 0 atom stereocenters. The Morgan fingerprint density at radius 3 is 2.38 bits per heavy atom. The molecule has 0 aromatic rings. The summed E-state index contributed by atoms with van der Waals surface area (Å²) in [6.07, 6.45) is 3.60. The van der Waals surface area contributed by atoms with E-state index in [2.05, 4.69) is 0 Å². The van der Waals surface area contributed by atoms with Crippen molar-refractivity contribution in [3.8, 4) is 0 Å². The second-order valence-corrected chi connectivity index (χ2v) is 1.44. The van der Waals surface area contributed by atoms with Crippen molar-refractivity contribution in [3.05, 3.63) is 0 Å². The molecule has 0 fully saturated rings. The van der Waals surface area contributed by atoms with E-state index in [1.165, 1.54) is 11.8 Å². The van der Waals surface area contributed by atoms with Gasteiger partial charge in [-0.1, -0.05) is 0 Å². The van der Waals surface area contributed by atoms with E-state index < -0.39 is 0 Å². The second kappa shape index (κ2) is 25.0. The van der Waals surface area contributed by atoms with Crippen LogP contribution in [0.1, 0.15) is 1.37 Å². The fourth-order valence-electron chi connectivity index (χ4n) is 0.0589. The molecule has 0 amide bonds. The molecule has 0 rings (SSSR count). The Kier molecular flexibility index (Phi) is 36.2. The van der Waals surface area contributed by atoms with E-state index in [4.69, 9.17) is 6.17 Å². The fourth-order valence-corrected chi connectivity index (χ4v) is 0.177. The van der Waals surface area contributed by atoms with Crippen LogP contribution in [0.3, 0.4) is 0 Å². The van der Waals surface area contributed by atoms with Gasteiger partial charge < -0.3 is 9.59 Å². The molecule has 0 saturated carbocycles. The van der Waals surface area contributed by atoms with Crippen molar-refractivity contribution in [1.82, 2.24) is 0 Å². The van der Waals surface area contributed by atoms with Crippen LogP contribution >= 0.6 is 11.8 Å². The van der Waals surface area contributed by atoms with E-state index in [0.29, 0.717) is 5.75 Å². The summed E-state index contributed by atoms with van der Waals surface area (Å²) in [5.41, 5.74) is 0. The molecule has 0 bridgehead atoms. The second-order valence-electron chi connectivity index (χ2n) is 0.577. The predicted molar refractivity (Wildman–Crippen MR) is 30.8 cm³/mol. The van der Waals surface area contributed by atoms with Gasteiger partial charge in [0.2, 0.25) is 0 Å². The molecular weight excluding hydrogens is 201 g/mol. The van der Waals surface area contributed by atoms with Gasteiger partial charge in [-0.15, -0.1) is 5.75 Å². The Morgan fingerprint density at radius 1 is 2.00 bits per heavy atom. The van der Waals surface area contributed by atoms with Gasteiger partial charge in [-0.25, -0.2) is 0 Å². The summed E-state index contributed by atoms with van der Waals surface area (Å²) in [5.74, 6) is 0.500. The van der Waals surface area contributed by atoms with Crippen LogP contribution in [0.15, 0.2) is 0 Å². The molecule has 0 unspecified atom stereocenters. The Balaban J connectivity index is -0.0000000800. The number of rotatable bonds is 2. The predicted octanol–water partition coefficient (Wildman–Crippen LogP) is 0.182. The van der Waals surface area contributed by atoms with Gasteiger partial charge in [0.1, 0.15) is 0 Å². The normalized spacial score (nSPS) is 6.38. The first-order valence-corrected chi connectivity index (χ1v) is 2.85. The average molecular weight is 208 g/mol. The first-order valence-electron chi connectivity index (χ1n) is 1.96. The van der Waals surface area contributed by atoms with Gasteiger partial charge in [0, 0.05) is 32.7 Å².